The van der Waals surface area contributed by atoms with Gasteiger partial charge in [0.2, 0.25) is 0 Å². The van der Waals surface area contributed by atoms with Crippen molar-refractivity contribution in [2.45, 2.75) is 19.9 Å². The van der Waals surface area contributed by atoms with Crippen LogP contribution in [-0.2, 0) is 13.0 Å². The van der Waals surface area contributed by atoms with Gasteiger partial charge >= 0.3 is 0 Å². The van der Waals surface area contributed by atoms with E-state index in [1.165, 1.54) is 36.0 Å². The predicted octanol–water partition coefficient (Wildman–Crippen LogP) is 3.97. The first kappa shape index (κ1) is 19.2. The molecule has 0 saturated heterocycles. The molecule has 2 aromatic carbocycles. The summed E-state index contributed by atoms with van der Waals surface area (Å²) in [4.78, 5) is 28.8. The molecule has 0 saturated carbocycles. The monoisotopic (exact) mass is 377 g/mol. The second-order valence-corrected chi connectivity index (χ2v) is 6.24. The van der Waals surface area contributed by atoms with E-state index in [0.717, 1.165) is 12.0 Å². The van der Waals surface area contributed by atoms with Crippen molar-refractivity contribution in [3.05, 3.63) is 95.1 Å². The number of carbonyl (C=O) groups excluding carboxylic acids is 2. The van der Waals surface area contributed by atoms with Crippen LogP contribution in [0.2, 0.25) is 0 Å². The zero-order chi connectivity index (χ0) is 19.9. The summed E-state index contributed by atoms with van der Waals surface area (Å²) in [5.41, 5.74) is 3.08. The zero-order valence-electron chi connectivity index (χ0n) is 15.4. The zero-order valence-corrected chi connectivity index (χ0v) is 15.4. The summed E-state index contributed by atoms with van der Waals surface area (Å²) in [5.74, 6) is -1.06. The Morgan fingerprint density at radius 1 is 0.929 bits per heavy atom. The number of anilines is 1. The highest BCUT2D eigenvalue weighted by Gasteiger charge is 2.12. The minimum Gasteiger partial charge on any atom is -0.348 e. The molecule has 1 aromatic heterocycles. The van der Waals surface area contributed by atoms with Crippen molar-refractivity contribution in [3.63, 3.8) is 0 Å². The van der Waals surface area contributed by atoms with Crippen LogP contribution in [0.5, 0.6) is 0 Å². The van der Waals surface area contributed by atoms with Gasteiger partial charge in [0.1, 0.15) is 11.5 Å². The summed E-state index contributed by atoms with van der Waals surface area (Å²) in [6, 6.07) is 16.4. The van der Waals surface area contributed by atoms with E-state index in [0.29, 0.717) is 11.3 Å². The van der Waals surface area contributed by atoms with E-state index in [4.69, 9.17) is 0 Å². The molecule has 3 rings (SSSR count). The predicted molar refractivity (Wildman–Crippen MR) is 106 cm³/mol. The maximum atomic E-state index is 12.9. The average molecular weight is 377 g/mol. The summed E-state index contributed by atoms with van der Waals surface area (Å²) in [6.45, 7) is 2.32. The van der Waals surface area contributed by atoms with Crippen molar-refractivity contribution in [3.8, 4) is 0 Å². The lowest BCUT2D eigenvalue weighted by atomic mass is 10.1. The smallest absolute Gasteiger partial charge is 0.274 e. The number of nitrogens with zero attached hydrogens (tertiary/aromatic N) is 1. The van der Waals surface area contributed by atoms with Crippen LogP contribution in [-0.4, -0.2) is 16.8 Å². The number of amides is 2. The molecule has 1 heterocycles. The van der Waals surface area contributed by atoms with E-state index >= 15 is 0 Å². The first-order chi connectivity index (χ1) is 13.5. The van der Waals surface area contributed by atoms with Crippen LogP contribution in [0.15, 0.2) is 66.9 Å². The lowest BCUT2D eigenvalue weighted by Gasteiger charge is -2.08. The third-order valence-electron chi connectivity index (χ3n) is 4.24. The Labute approximate surface area is 162 Å². The largest absolute Gasteiger partial charge is 0.348 e. The molecule has 2 N–H and O–H groups in total. The number of pyridine rings is 1. The van der Waals surface area contributed by atoms with Gasteiger partial charge in [-0.15, -0.1) is 0 Å². The number of aryl methyl sites for hydroxylation is 1. The number of hydrogen-bond acceptors (Lipinski definition) is 3. The quantitative estimate of drug-likeness (QED) is 0.683. The second-order valence-electron chi connectivity index (χ2n) is 6.24. The van der Waals surface area contributed by atoms with Gasteiger partial charge in [0.25, 0.3) is 11.8 Å². The van der Waals surface area contributed by atoms with Gasteiger partial charge in [0, 0.05) is 24.0 Å². The fourth-order valence-electron chi connectivity index (χ4n) is 2.60. The van der Waals surface area contributed by atoms with E-state index in [1.54, 1.807) is 12.1 Å². The van der Waals surface area contributed by atoms with Crippen molar-refractivity contribution in [1.82, 2.24) is 10.3 Å². The fourth-order valence-corrected chi connectivity index (χ4v) is 2.60. The molecule has 0 bridgehead atoms. The third-order valence-corrected chi connectivity index (χ3v) is 4.24. The van der Waals surface area contributed by atoms with Gasteiger partial charge in [-0.3, -0.25) is 14.6 Å². The molecule has 0 aliphatic heterocycles. The van der Waals surface area contributed by atoms with Crippen molar-refractivity contribution < 1.29 is 14.0 Å². The molecule has 142 valence electrons. The maximum absolute atomic E-state index is 12.9. The summed E-state index contributed by atoms with van der Waals surface area (Å²) >= 11 is 0. The topological polar surface area (TPSA) is 71.1 Å². The Morgan fingerprint density at radius 3 is 2.29 bits per heavy atom. The highest BCUT2D eigenvalue weighted by Crippen LogP contribution is 2.12. The molecular formula is C22H20FN3O2. The molecule has 0 unspecified atom stereocenters. The van der Waals surface area contributed by atoms with E-state index in [9.17, 15) is 14.0 Å². The number of hydrogen-bond donors (Lipinski definition) is 2. The highest BCUT2D eigenvalue weighted by molar-refractivity contribution is 6.04. The van der Waals surface area contributed by atoms with Crippen LogP contribution >= 0.6 is 0 Å². The Morgan fingerprint density at radius 2 is 1.61 bits per heavy atom. The summed E-state index contributed by atoms with van der Waals surface area (Å²) in [7, 11) is 0. The highest BCUT2D eigenvalue weighted by atomic mass is 19.1. The molecule has 0 aliphatic rings. The molecule has 5 nitrogen and oxygen atoms in total. The first-order valence-corrected chi connectivity index (χ1v) is 8.94. The van der Waals surface area contributed by atoms with Gasteiger partial charge in [-0.05, 0) is 53.9 Å². The van der Waals surface area contributed by atoms with Crippen LogP contribution in [0.3, 0.4) is 0 Å². The molecule has 2 amide bonds. The molecule has 0 radical (unpaired) electrons. The van der Waals surface area contributed by atoms with Crippen molar-refractivity contribution >= 4 is 17.5 Å². The Kier molecular flexibility index (Phi) is 6.11. The lowest BCUT2D eigenvalue weighted by molar-refractivity contribution is 0.0951. The molecule has 0 spiro atoms. The normalized spacial score (nSPS) is 10.4. The van der Waals surface area contributed by atoms with Crippen molar-refractivity contribution in [1.29, 1.82) is 0 Å². The summed E-state index contributed by atoms with van der Waals surface area (Å²) in [6.07, 6.45) is 2.34. The SMILES string of the molecule is CCc1ccc(NC(=O)c2cc(C(=O)NCc3ccc(F)cc3)ccn2)cc1. The Hall–Kier alpha value is -3.54. The van der Waals surface area contributed by atoms with Gasteiger partial charge < -0.3 is 10.6 Å². The second kappa shape index (κ2) is 8.90. The maximum Gasteiger partial charge on any atom is 0.274 e. The van der Waals surface area contributed by atoms with Gasteiger partial charge in [-0.1, -0.05) is 31.2 Å². The van der Waals surface area contributed by atoms with Crippen LogP contribution in [0.4, 0.5) is 10.1 Å². The van der Waals surface area contributed by atoms with Gasteiger partial charge in [-0.2, -0.15) is 0 Å². The number of benzene rings is 2. The number of rotatable bonds is 6. The van der Waals surface area contributed by atoms with E-state index in [1.807, 2.05) is 24.3 Å². The van der Waals surface area contributed by atoms with Gasteiger partial charge in [0.05, 0.1) is 0 Å². The minimum atomic E-state index is -0.391. The molecule has 0 fully saturated rings. The number of carbonyl (C=O) groups is 2. The minimum absolute atomic E-state index is 0.147. The molecule has 0 aliphatic carbocycles. The Bertz CT molecular complexity index is 970. The molecule has 0 atom stereocenters. The van der Waals surface area contributed by atoms with Gasteiger partial charge in [0.15, 0.2) is 0 Å². The third kappa shape index (κ3) is 5.01. The van der Waals surface area contributed by atoms with Crippen LogP contribution in [0.25, 0.3) is 0 Å². The molecule has 6 heteroatoms. The molecule has 3 aromatic rings. The van der Waals surface area contributed by atoms with Crippen molar-refractivity contribution in [2.24, 2.45) is 0 Å². The van der Waals surface area contributed by atoms with E-state index < -0.39 is 5.91 Å². The number of nitrogens with one attached hydrogen (secondary N) is 2. The average Bonchev–Trinajstić information content (AvgIpc) is 2.73. The van der Waals surface area contributed by atoms with Crippen LogP contribution in [0, 0.1) is 5.82 Å². The van der Waals surface area contributed by atoms with Crippen molar-refractivity contribution in [2.75, 3.05) is 5.32 Å². The van der Waals surface area contributed by atoms with E-state index in [-0.39, 0.29) is 24.0 Å². The summed E-state index contributed by atoms with van der Waals surface area (Å²) < 4.78 is 12.9. The fraction of sp³-hybridized carbons (Fsp3) is 0.136. The van der Waals surface area contributed by atoms with Crippen LogP contribution in [0.1, 0.15) is 38.9 Å². The number of halogens is 1. The molecular weight excluding hydrogens is 357 g/mol. The lowest BCUT2D eigenvalue weighted by Crippen LogP contribution is -2.23. The van der Waals surface area contributed by atoms with E-state index in [2.05, 4.69) is 22.5 Å². The molecule has 28 heavy (non-hydrogen) atoms. The first-order valence-electron chi connectivity index (χ1n) is 8.94. The Balaban J connectivity index is 1.64. The summed E-state index contributed by atoms with van der Waals surface area (Å²) in [5, 5.41) is 5.51. The standard InChI is InChI=1S/C22H20FN3O2/c1-2-15-5-9-19(10-6-15)26-22(28)20-13-17(11-12-24-20)21(27)25-14-16-3-7-18(23)8-4-16/h3-13H,2,14H2,1H3,(H,25,27)(H,26,28). The van der Waals surface area contributed by atoms with Gasteiger partial charge in [-0.25, -0.2) is 4.39 Å². The number of aromatic nitrogens is 1. The van der Waals surface area contributed by atoms with Crippen LogP contribution < -0.4 is 10.6 Å².